The van der Waals surface area contributed by atoms with Gasteiger partial charge >= 0.3 is 0 Å². The summed E-state index contributed by atoms with van der Waals surface area (Å²) in [6.07, 6.45) is 13.4. The molecule has 0 saturated heterocycles. The first-order valence-corrected chi connectivity index (χ1v) is 19.2. The number of nitrogens with zero attached hydrogens (tertiary/aromatic N) is 7. The molecule has 4 aromatic heterocycles. The molecule has 10 rings (SSSR count). The molecule has 0 fully saturated rings. The largest absolute Gasteiger partial charge is 0.331 e. The molecule has 7 heteroatoms. The molecule has 1 atom stereocenters. The molecule has 1 unspecified atom stereocenters. The Morgan fingerprint density at radius 3 is 1.89 bits per heavy atom. The van der Waals surface area contributed by atoms with Gasteiger partial charge in [0.25, 0.3) is 0 Å². The first kappa shape index (κ1) is 34.0. The zero-order chi connectivity index (χ0) is 38.1. The van der Waals surface area contributed by atoms with Crippen molar-refractivity contribution in [3.05, 3.63) is 193 Å². The average molecular weight is 736 g/mol. The molecule has 0 radical (unpaired) electrons. The lowest BCUT2D eigenvalue weighted by atomic mass is 10.0. The van der Waals surface area contributed by atoms with Crippen LogP contribution in [0.25, 0.3) is 66.1 Å². The van der Waals surface area contributed by atoms with E-state index in [2.05, 4.69) is 118 Å². The highest BCUT2D eigenvalue weighted by molar-refractivity contribution is 6.26. The van der Waals surface area contributed by atoms with Crippen LogP contribution in [0.1, 0.15) is 23.6 Å². The molecule has 0 amide bonds. The predicted molar refractivity (Wildman–Crippen MR) is 236 cm³/mol. The molecule has 57 heavy (non-hydrogen) atoms. The van der Waals surface area contributed by atoms with Crippen molar-refractivity contribution >= 4 is 62.1 Å². The molecular formula is C50H37N7. The Labute approximate surface area is 330 Å². The minimum atomic E-state index is 0.0831. The van der Waals surface area contributed by atoms with Crippen LogP contribution in [-0.2, 0) is 6.54 Å². The van der Waals surface area contributed by atoms with E-state index in [1.165, 1.54) is 0 Å². The van der Waals surface area contributed by atoms with Crippen molar-refractivity contribution in [2.45, 2.75) is 19.0 Å². The zero-order valence-corrected chi connectivity index (χ0v) is 31.1. The van der Waals surface area contributed by atoms with Gasteiger partial charge in [0.15, 0.2) is 5.84 Å². The van der Waals surface area contributed by atoms with Gasteiger partial charge in [-0.1, -0.05) is 121 Å². The highest BCUT2D eigenvalue weighted by atomic mass is 15.2. The number of allylic oxidation sites excluding steroid dienone is 4. The lowest BCUT2D eigenvalue weighted by Gasteiger charge is -2.19. The topological polar surface area (TPSA) is 72.7 Å². The molecule has 1 aliphatic carbocycles. The van der Waals surface area contributed by atoms with Gasteiger partial charge in [0.1, 0.15) is 0 Å². The van der Waals surface area contributed by atoms with E-state index in [4.69, 9.17) is 20.0 Å². The van der Waals surface area contributed by atoms with Crippen molar-refractivity contribution in [2.24, 2.45) is 15.0 Å². The second-order valence-corrected chi connectivity index (χ2v) is 14.1. The Balaban J connectivity index is 1.35. The summed E-state index contributed by atoms with van der Waals surface area (Å²) in [7, 11) is 0. The summed E-state index contributed by atoms with van der Waals surface area (Å²) in [5, 5.41) is 4.47. The SMILES string of the molecule is C=NC(=NC(=NCc1ccccc1)n1c2ccc(-c3ccccn3)cc2c2ccc3c4cc(-c5ccccn5)ccc4n(C4C=CC=CC4)c3c21)c1ccccc1. The highest BCUT2D eigenvalue weighted by Crippen LogP contribution is 2.43. The van der Waals surface area contributed by atoms with Gasteiger partial charge in [-0.25, -0.2) is 9.98 Å². The van der Waals surface area contributed by atoms with Gasteiger partial charge in [-0.15, -0.1) is 0 Å². The quantitative estimate of drug-likeness (QED) is 0.126. The van der Waals surface area contributed by atoms with Crippen LogP contribution in [0.3, 0.4) is 0 Å². The highest BCUT2D eigenvalue weighted by Gasteiger charge is 2.25. The molecule has 7 nitrogen and oxygen atoms in total. The van der Waals surface area contributed by atoms with Crippen LogP contribution < -0.4 is 0 Å². The van der Waals surface area contributed by atoms with Gasteiger partial charge < -0.3 is 4.57 Å². The Kier molecular flexibility index (Phi) is 8.72. The number of benzene rings is 5. The second kappa shape index (κ2) is 14.6. The molecule has 0 aliphatic heterocycles. The lowest BCUT2D eigenvalue weighted by molar-refractivity contribution is 0.649. The number of hydrogen-bond donors (Lipinski definition) is 0. The van der Waals surface area contributed by atoms with Gasteiger partial charge in [-0.05, 0) is 67.2 Å². The van der Waals surface area contributed by atoms with Crippen molar-refractivity contribution in [3.63, 3.8) is 0 Å². The van der Waals surface area contributed by atoms with Gasteiger partial charge in [-0.3, -0.25) is 14.5 Å². The Bertz CT molecular complexity index is 3060. The number of rotatable bonds is 6. The Morgan fingerprint density at radius 1 is 0.632 bits per heavy atom. The van der Waals surface area contributed by atoms with Crippen LogP contribution in [0, 0.1) is 0 Å². The second-order valence-electron chi connectivity index (χ2n) is 14.1. The third kappa shape index (κ3) is 6.15. The lowest BCUT2D eigenvalue weighted by Crippen LogP contribution is -2.14. The van der Waals surface area contributed by atoms with Gasteiger partial charge in [-0.2, -0.15) is 4.99 Å². The van der Waals surface area contributed by atoms with E-state index < -0.39 is 0 Å². The molecule has 0 N–H and O–H groups in total. The molecular weight excluding hydrogens is 699 g/mol. The summed E-state index contributed by atoms with van der Waals surface area (Å²) in [4.78, 5) is 24.5. The molecule has 0 bridgehead atoms. The van der Waals surface area contributed by atoms with Crippen LogP contribution in [0.15, 0.2) is 197 Å². The Hall–Kier alpha value is -7.51. The van der Waals surface area contributed by atoms with E-state index in [1.54, 1.807) is 0 Å². The fourth-order valence-electron chi connectivity index (χ4n) is 8.11. The van der Waals surface area contributed by atoms with Crippen molar-refractivity contribution in [3.8, 4) is 22.5 Å². The normalized spacial score (nSPS) is 14.6. The van der Waals surface area contributed by atoms with Gasteiger partial charge in [0.05, 0.1) is 40.5 Å². The van der Waals surface area contributed by atoms with Crippen LogP contribution in [0.2, 0.25) is 0 Å². The Morgan fingerprint density at radius 2 is 1.26 bits per heavy atom. The summed E-state index contributed by atoms with van der Waals surface area (Å²) in [5.74, 6) is 1.02. The predicted octanol–water partition coefficient (Wildman–Crippen LogP) is 11.6. The summed E-state index contributed by atoms with van der Waals surface area (Å²) in [5.41, 5.74) is 10.2. The molecule has 9 aromatic rings. The molecule has 4 heterocycles. The van der Waals surface area contributed by atoms with Crippen molar-refractivity contribution in [1.82, 2.24) is 19.1 Å². The first-order valence-electron chi connectivity index (χ1n) is 19.2. The van der Waals surface area contributed by atoms with E-state index in [0.717, 1.165) is 83.7 Å². The van der Waals surface area contributed by atoms with Crippen LogP contribution in [-0.4, -0.2) is 37.6 Å². The maximum Gasteiger partial charge on any atom is 0.232 e. The van der Waals surface area contributed by atoms with Gasteiger partial charge in [0.2, 0.25) is 5.96 Å². The number of pyridine rings is 2. The van der Waals surface area contributed by atoms with E-state index in [0.29, 0.717) is 18.3 Å². The summed E-state index contributed by atoms with van der Waals surface area (Å²) < 4.78 is 4.75. The average Bonchev–Trinajstić information content (AvgIpc) is 3.80. The van der Waals surface area contributed by atoms with Crippen molar-refractivity contribution in [1.29, 1.82) is 0 Å². The molecule has 5 aromatic carbocycles. The third-order valence-electron chi connectivity index (χ3n) is 10.7. The molecule has 272 valence electrons. The zero-order valence-electron chi connectivity index (χ0n) is 31.1. The monoisotopic (exact) mass is 735 g/mol. The van der Waals surface area contributed by atoms with Crippen LogP contribution >= 0.6 is 0 Å². The number of fused-ring (bicyclic) bond motifs is 7. The smallest absolute Gasteiger partial charge is 0.232 e. The van der Waals surface area contributed by atoms with E-state index in [-0.39, 0.29) is 6.04 Å². The van der Waals surface area contributed by atoms with Crippen LogP contribution in [0.5, 0.6) is 0 Å². The van der Waals surface area contributed by atoms with Crippen LogP contribution in [0.4, 0.5) is 0 Å². The number of aliphatic imine (C=N–C) groups is 3. The molecule has 0 saturated carbocycles. The van der Waals surface area contributed by atoms with E-state index in [9.17, 15) is 0 Å². The number of amidine groups is 1. The maximum absolute atomic E-state index is 5.34. The first-order chi connectivity index (χ1) is 28.2. The van der Waals surface area contributed by atoms with E-state index >= 15 is 0 Å². The summed E-state index contributed by atoms with van der Waals surface area (Å²) in [6, 6.07) is 50.3. The summed E-state index contributed by atoms with van der Waals surface area (Å²) in [6.45, 7) is 4.40. The fourth-order valence-corrected chi connectivity index (χ4v) is 8.11. The number of aromatic nitrogens is 4. The van der Waals surface area contributed by atoms with Crippen molar-refractivity contribution < 1.29 is 0 Å². The summed E-state index contributed by atoms with van der Waals surface area (Å²) >= 11 is 0. The minimum Gasteiger partial charge on any atom is -0.331 e. The van der Waals surface area contributed by atoms with Gasteiger partial charge in [0, 0.05) is 56.1 Å². The maximum atomic E-state index is 5.34. The standard InChI is InChI=1S/C50H37N7/c1-51-49(35-17-7-3-8-18-35)55-50(54-33-34-15-5-2-6-16-34)57-46-28-24-37(44-22-12-14-30-53-44)32-42(46)40-26-25-39-41-31-36(43-21-11-13-29-52-43)23-27-45(41)56(47(39)48(40)57)38-19-9-4-10-20-38/h2-19,21-32,38H,1,20,33H2. The number of hydrogen-bond acceptors (Lipinski definition) is 3. The third-order valence-corrected chi connectivity index (χ3v) is 10.7. The van der Waals surface area contributed by atoms with E-state index in [1.807, 2.05) is 85.2 Å². The van der Waals surface area contributed by atoms with Crippen molar-refractivity contribution in [2.75, 3.05) is 0 Å². The fraction of sp³-hybridized carbons (Fsp3) is 0.0600. The minimum absolute atomic E-state index is 0.0831. The molecule has 0 spiro atoms. The molecule has 1 aliphatic rings.